The van der Waals surface area contributed by atoms with Crippen LogP contribution in [0.3, 0.4) is 0 Å². The lowest BCUT2D eigenvalue weighted by Crippen LogP contribution is -2.30. The van der Waals surface area contributed by atoms with E-state index in [4.69, 9.17) is 0 Å². The van der Waals surface area contributed by atoms with E-state index in [1.807, 2.05) is 0 Å². The predicted octanol–water partition coefficient (Wildman–Crippen LogP) is 3.05. The number of benzene rings is 1. The summed E-state index contributed by atoms with van der Waals surface area (Å²) < 4.78 is 80.7. The van der Waals surface area contributed by atoms with Crippen molar-refractivity contribution in [1.82, 2.24) is 9.29 Å². The SMILES string of the molecule is C[C@H]1CCc2c(cn(C)c2C(=O)Nc2ccc(F)c(C(F)(F)F)c2)S(=O)(=O)N1. The molecule has 0 radical (unpaired) electrons. The highest BCUT2D eigenvalue weighted by Crippen LogP contribution is 2.33. The second kappa shape index (κ2) is 6.89. The monoisotopic (exact) mass is 419 g/mol. The van der Waals surface area contributed by atoms with Gasteiger partial charge in [-0.05, 0) is 38.0 Å². The van der Waals surface area contributed by atoms with Crippen molar-refractivity contribution in [2.75, 3.05) is 5.32 Å². The lowest BCUT2D eigenvalue weighted by Gasteiger charge is -2.12. The van der Waals surface area contributed by atoms with Crippen molar-refractivity contribution in [2.24, 2.45) is 7.05 Å². The number of carbonyl (C=O) groups excluding carboxylic acids is 1. The van der Waals surface area contributed by atoms with Crippen molar-refractivity contribution < 1.29 is 30.8 Å². The third-order valence-electron chi connectivity index (χ3n) is 4.46. The number of fused-ring (bicyclic) bond motifs is 1. The summed E-state index contributed by atoms with van der Waals surface area (Å²) in [6, 6.07) is 1.78. The fourth-order valence-corrected chi connectivity index (χ4v) is 4.77. The number of amides is 1. The fraction of sp³-hybridized carbons (Fsp3) is 0.353. The summed E-state index contributed by atoms with van der Waals surface area (Å²) in [5.74, 6) is -2.24. The van der Waals surface area contributed by atoms with E-state index in [0.29, 0.717) is 25.0 Å². The number of nitrogens with zero attached hydrogens (tertiary/aromatic N) is 1. The number of hydrogen-bond acceptors (Lipinski definition) is 3. The predicted molar refractivity (Wildman–Crippen MR) is 92.9 cm³/mol. The van der Waals surface area contributed by atoms with Crippen LogP contribution in [-0.4, -0.2) is 24.9 Å². The van der Waals surface area contributed by atoms with Crippen molar-refractivity contribution in [1.29, 1.82) is 0 Å². The van der Waals surface area contributed by atoms with Gasteiger partial charge in [0.15, 0.2) is 0 Å². The van der Waals surface area contributed by atoms with Crippen molar-refractivity contribution in [3.63, 3.8) is 0 Å². The number of nitrogens with one attached hydrogen (secondary N) is 2. The largest absolute Gasteiger partial charge is 0.419 e. The van der Waals surface area contributed by atoms with Gasteiger partial charge in [-0.1, -0.05) is 0 Å². The van der Waals surface area contributed by atoms with E-state index in [9.17, 15) is 30.8 Å². The standard InChI is InChI=1S/C17H17F4N3O3S/c1-9-3-5-11-14(28(26,27)23-9)8-24(2)15(11)16(25)22-10-4-6-13(18)12(7-10)17(19,20)21/h4,6-9,23H,3,5H2,1-2H3,(H,22,25)/t9-/m0/s1. The summed E-state index contributed by atoms with van der Waals surface area (Å²) in [6.07, 6.45) is -2.88. The number of carbonyl (C=O) groups is 1. The molecule has 1 amide bonds. The summed E-state index contributed by atoms with van der Waals surface area (Å²) in [5, 5.41) is 2.29. The zero-order chi connectivity index (χ0) is 20.9. The summed E-state index contributed by atoms with van der Waals surface area (Å²) in [5.41, 5.74) is -1.45. The summed E-state index contributed by atoms with van der Waals surface area (Å²) in [4.78, 5) is 12.7. The number of alkyl halides is 3. The Kier molecular flexibility index (Phi) is 5.00. The molecule has 2 aromatic rings. The zero-order valence-corrected chi connectivity index (χ0v) is 15.7. The van der Waals surface area contributed by atoms with E-state index in [0.717, 1.165) is 6.07 Å². The number of halogens is 4. The molecule has 1 aliphatic heterocycles. The Hall–Kier alpha value is -2.40. The van der Waals surface area contributed by atoms with Gasteiger partial charge >= 0.3 is 6.18 Å². The first-order chi connectivity index (χ1) is 12.9. The van der Waals surface area contributed by atoms with E-state index in [-0.39, 0.29) is 27.9 Å². The molecule has 0 unspecified atom stereocenters. The molecule has 2 N–H and O–H groups in total. The van der Waals surface area contributed by atoms with Gasteiger partial charge in [-0.25, -0.2) is 17.5 Å². The van der Waals surface area contributed by atoms with Crippen LogP contribution >= 0.6 is 0 Å². The van der Waals surface area contributed by atoms with E-state index < -0.39 is 33.5 Å². The molecule has 0 fully saturated rings. The van der Waals surface area contributed by atoms with Gasteiger partial charge in [0, 0.05) is 30.5 Å². The Morgan fingerprint density at radius 1 is 1.32 bits per heavy atom. The van der Waals surface area contributed by atoms with Gasteiger partial charge in [0.25, 0.3) is 5.91 Å². The van der Waals surface area contributed by atoms with Crippen molar-refractivity contribution in [3.8, 4) is 0 Å². The molecular weight excluding hydrogens is 402 g/mol. The summed E-state index contributed by atoms with van der Waals surface area (Å²) in [7, 11) is -2.35. The lowest BCUT2D eigenvalue weighted by molar-refractivity contribution is -0.139. The average Bonchev–Trinajstić information content (AvgIpc) is 2.85. The zero-order valence-electron chi connectivity index (χ0n) is 14.9. The van der Waals surface area contributed by atoms with Crippen LogP contribution in [0.5, 0.6) is 0 Å². The topological polar surface area (TPSA) is 80.2 Å². The average molecular weight is 419 g/mol. The minimum absolute atomic E-state index is 0.0207. The van der Waals surface area contributed by atoms with Crippen LogP contribution in [-0.2, 0) is 29.7 Å². The number of sulfonamides is 1. The molecule has 0 saturated heterocycles. The number of aromatic nitrogens is 1. The van der Waals surface area contributed by atoms with E-state index >= 15 is 0 Å². The van der Waals surface area contributed by atoms with Crippen molar-refractivity contribution in [3.05, 3.63) is 47.0 Å². The Bertz CT molecular complexity index is 1040. The van der Waals surface area contributed by atoms with Gasteiger partial charge in [0.05, 0.1) is 5.56 Å². The first kappa shape index (κ1) is 20.3. The molecule has 0 saturated carbocycles. The molecule has 0 spiro atoms. The van der Waals surface area contributed by atoms with E-state index in [1.54, 1.807) is 6.92 Å². The maximum absolute atomic E-state index is 13.4. The molecule has 6 nitrogen and oxygen atoms in total. The highest BCUT2D eigenvalue weighted by molar-refractivity contribution is 7.89. The van der Waals surface area contributed by atoms with Crippen LogP contribution in [0, 0.1) is 5.82 Å². The quantitative estimate of drug-likeness (QED) is 0.735. The second-order valence-corrected chi connectivity index (χ2v) is 8.32. The van der Waals surface area contributed by atoms with Crippen LogP contribution in [0.1, 0.15) is 35.0 Å². The Morgan fingerprint density at radius 3 is 2.64 bits per heavy atom. The van der Waals surface area contributed by atoms with E-state index in [1.165, 1.54) is 17.8 Å². The normalized spacial score (nSPS) is 19.0. The minimum Gasteiger partial charge on any atom is -0.345 e. The van der Waals surface area contributed by atoms with Gasteiger partial charge in [0.1, 0.15) is 16.4 Å². The number of aryl methyl sites for hydroxylation is 1. The van der Waals surface area contributed by atoms with Crippen LogP contribution < -0.4 is 10.0 Å². The molecule has 0 bridgehead atoms. The van der Waals surface area contributed by atoms with Crippen LogP contribution in [0.25, 0.3) is 0 Å². The maximum Gasteiger partial charge on any atom is 0.419 e. The molecular formula is C17H17F4N3O3S. The lowest BCUT2D eigenvalue weighted by atomic mass is 10.1. The number of anilines is 1. The molecule has 11 heteroatoms. The van der Waals surface area contributed by atoms with Gasteiger partial charge in [-0.2, -0.15) is 13.2 Å². The number of rotatable bonds is 2. The smallest absolute Gasteiger partial charge is 0.345 e. The second-order valence-electron chi connectivity index (χ2n) is 6.64. The van der Waals surface area contributed by atoms with Crippen LogP contribution in [0.4, 0.5) is 23.2 Å². The van der Waals surface area contributed by atoms with Crippen molar-refractivity contribution >= 4 is 21.6 Å². The van der Waals surface area contributed by atoms with Gasteiger partial charge in [-0.3, -0.25) is 4.79 Å². The first-order valence-electron chi connectivity index (χ1n) is 8.29. The molecule has 2 heterocycles. The van der Waals surface area contributed by atoms with Gasteiger partial charge in [-0.15, -0.1) is 0 Å². The molecule has 1 aliphatic rings. The minimum atomic E-state index is -4.91. The maximum atomic E-state index is 13.4. The summed E-state index contributed by atoms with van der Waals surface area (Å²) >= 11 is 0. The van der Waals surface area contributed by atoms with Crippen LogP contribution in [0.15, 0.2) is 29.3 Å². The fourth-order valence-electron chi connectivity index (χ4n) is 3.18. The highest BCUT2D eigenvalue weighted by Gasteiger charge is 2.35. The third-order valence-corrected chi connectivity index (χ3v) is 6.11. The Labute approximate surface area is 158 Å². The first-order valence-corrected chi connectivity index (χ1v) is 9.77. The summed E-state index contributed by atoms with van der Waals surface area (Å²) in [6.45, 7) is 1.69. The van der Waals surface area contributed by atoms with Gasteiger partial charge in [0.2, 0.25) is 10.0 Å². The highest BCUT2D eigenvalue weighted by atomic mass is 32.2. The van der Waals surface area contributed by atoms with Crippen molar-refractivity contribution in [2.45, 2.75) is 36.9 Å². The molecule has 0 aliphatic carbocycles. The van der Waals surface area contributed by atoms with E-state index in [2.05, 4.69) is 10.0 Å². The number of hydrogen-bond donors (Lipinski definition) is 2. The van der Waals surface area contributed by atoms with Gasteiger partial charge < -0.3 is 9.88 Å². The molecule has 1 aromatic heterocycles. The Balaban J connectivity index is 1.99. The van der Waals surface area contributed by atoms with Crippen LogP contribution in [0.2, 0.25) is 0 Å². The molecule has 1 atom stereocenters. The Morgan fingerprint density at radius 2 is 2.00 bits per heavy atom. The third kappa shape index (κ3) is 3.76. The molecule has 28 heavy (non-hydrogen) atoms. The molecule has 3 rings (SSSR count). The molecule has 1 aromatic carbocycles. The molecule has 152 valence electrons.